The Kier molecular flexibility index (Phi) is 6.46. The number of amides is 2. The molecule has 1 unspecified atom stereocenters. The van der Waals surface area contributed by atoms with Crippen LogP contribution in [0.5, 0.6) is 0 Å². The van der Waals surface area contributed by atoms with E-state index in [1.165, 1.54) is 0 Å². The van der Waals surface area contributed by atoms with Crippen LogP contribution >= 0.6 is 0 Å². The lowest BCUT2D eigenvalue weighted by molar-refractivity contribution is -0.126. The summed E-state index contributed by atoms with van der Waals surface area (Å²) in [6.45, 7) is 6.15. The van der Waals surface area contributed by atoms with E-state index in [2.05, 4.69) is 22.5 Å². The van der Waals surface area contributed by atoms with Gasteiger partial charge in [-0.2, -0.15) is 0 Å². The van der Waals surface area contributed by atoms with Crippen LogP contribution in [0.3, 0.4) is 0 Å². The van der Waals surface area contributed by atoms with E-state index in [0.29, 0.717) is 6.42 Å². The average Bonchev–Trinajstić information content (AvgIpc) is 2.54. The molecule has 0 saturated carbocycles. The van der Waals surface area contributed by atoms with Gasteiger partial charge in [-0.3, -0.25) is 4.79 Å². The molecule has 1 aromatic rings. The molecule has 0 aliphatic carbocycles. The number of hydrogen-bond acceptors (Lipinski definition) is 3. The van der Waals surface area contributed by atoms with E-state index < -0.39 is 17.7 Å². The van der Waals surface area contributed by atoms with Crippen molar-refractivity contribution >= 4 is 12.0 Å². The first-order chi connectivity index (χ1) is 11.8. The van der Waals surface area contributed by atoms with Crippen LogP contribution in [-0.4, -0.2) is 30.2 Å². The molecule has 1 heterocycles. The highest BCUT2D eigenvalue weighted by Gasteiger charge is 2.26. The molecule has 1 fully saturated rings. The van der Waals surface area contributed by atoms with E-state index in [1.807, 2.05) is 51.1 Å². The summed E-state index contributed by atoms with van der Waals surface area (Å²) in [6, 6.07) is 9.12. The maximum Gasteiger partial charge on any atom is 0.408 e. The molecule has 1 aliphatic heterocycles. The molecule has 0 spiro atoms. The Morgan fingerprint density at radius 3 is 2.72 bits per heavy atom. The lowest BCUT2D eigenvalue weighted by Gasteiger charge is -2.26. The average molecular weight is 342 g/mol. The van der Waals surface area contributed by atoms with Gasteiger partial charge in [0.2, 0.25) is 5.91 Å². The zero-order valence-electron chi connectivity index (χ0n) is 15.1. The van der Waals surface area contributed by atoms with E-state index in [-0.39, 0.29) is 11.8 Å². The molecule has 2 amide bonds. The first-order valence-corrected chi connectivity index (χ1v) is 8.67. The first kappa shape index (κ1) is 18.9. The Bertz CT molecular complexity index is 653. The van der Waals surface area contributed by atoms with Crippen molar-refractivity contribution in [2.45, 2.75) is 51.7 Å². The van der Waals surface area contributed by atoms with Gasteiger partial charge in [-0.1, -0.05) is 30.0 Å². The molecule has 5 nitrogen and oxygen atoms in total. The molecule has 0 aromatic heterocycles. The fourth-order valence-electron chi connectivity index (χ4n) is 2.64. The third-order valence-corrected chi connectivity index (χ3v) is 3.78. The minimum absolute atomic E-state index is 0.0312. The Labute approximate surface area is 149 Å². The van der Waals surface area contributed by atoms with Gasteiger partial charge in [-0.05, 0) is 52.2 Å². The monoisotopic (exact) mass is 342 g/mol. The number of carbonyl (C=O) groups is 2. The van der Waals surface area contributed by atoms with Crippen molar-refractivity contribution in [1.82, 2.24) is 10.6 Å². The van der Waals surface area contributed by atoms with Gasteiger partial charge in [0, 0.05) is 18.0 Å². The van der Waals surface area contributed by atoms with Crippen molar-refractivity contribution in [2.75, 3.05) is 6.54 Å². The molecule has 0 bridgehead atoms. The fraction of sp³-hybridized carbons (Fsp3) is 0.500. The van der Waals surface area contributed by atoms with E-state index in [4.69, 9.17) is 4.74 Å². The van der Waals surface area contributed by atoms with Crippen LogP contribution in [0, 0.1) is 17.8 Å². The van der Waals surface area contributed by atoms with Gasteiger partial charge in [-0.15, -0.1) is 0 Å². The van der Waals surface area contributed by atoms with E-state index in [0.717, 1.165) is 24.9 Å². The summed E-state index contributed by atoms with van der Waals surface area (Å²) in [5, 5.41) is 5.67. The molecule has 2 N–H and O–H groups in total. The van der Waals surface area contributed by atoms with Gasteiger partial charge in [0.25, 0.3) is 0 Å². The van der Waals surface area contributed by atoms with Gasteiger partial charge in [0.1, 0.15) is 5.60 Å². The number of hydrogen-bond donors (Lipinski definition) is 2. The number of nitrogens with one attached hydrogen (secondary N) is 2. The second-order valence-electron chi connectivity index (χ2n) is 7.20. The summed E-state index contributed by atoms with van der Waals surface area (Å²) in [6.07, 6.45) is 1.72. The van der Waals surface area contributed by atoms with Gasteiger partial charge in [0.05, 0.1) is 6.04 Å². The van der Waals surface area contributed by atoms with Crippen LogP contribution in [-0.2, 0) is 9.53 Å². The zero-order valence-corrected chi connectivity index (χ0v) is 15.1. The highest BCUT2D eigenvalue weighted by atomic mass is 16.6. The van der Waals surface area contributed by atoms with Crippen molar-refractivity contribution in [3.05, 3.63) is 35.9 Å². The third-order valence-electron chi connectivity index (χ3n) is 3.78. The fourth-order valence-corrected chi connectivity index (χ4v) is 2.64. The summed E-state index contributed by atoms with van der Waals surface area (Å²) in [4.78, 5) is 24.1. The number of rotatable bonds is 3. The van der Waals surface area contributed by atoms with Crippen LogP contribution in [0.25, 0.3) is 0 Å². The number of piperidine rings is 1. The second kappa shape index (κ2) is 8.57. The van der Waals surface area contributed by atoms with Crippen molar-refractivity contribution in [3.63, 3.8) is 0 Å². The Morgan fingerprint density at radius 2 is 2.08 bits per heavy atom. The quantitative estimate of drug-likeness (QED) is 0.830. The molecule has 0 radical (unpaired) electrons. The van der Waals surface area contributed by atoms with Crippen LogP contribution in [0.4, 0.5) is 4.79 Å². The van der Waals surface area contributed by atoms with Gasteiger partial charge in [-0.25, -0.2) is 4.79 Å². The maximum absolute atomic E-state index is 12.1. The smallest absolute Gasteiger partial charge is 0.408 e. The molecular weight excluding hydrogens is 316 g/mol. The lowest BCUT2D eigenvalue weighted by Crippen LogP contribution is -2.43. The lowest BCUT2D eigenvalue weighted by atomic mass is 9.91. The first-order valence-electron chi connectivity index (χ1n) is 8.67. The highest BCUT2D eigenvalue weighted by molar-refractivity contribution is 5.79. The Balaban J connectivity index is 2.09. The Morgan fingerprint density at radius 1 is 1.36 bits per heavy atom. The number of ether oxygens (including phenoxy) is 1. The predicted molar refractivity (Wildman–Crippen MR) is 96.8 cm³/mol. The summed E-state index contributed by atoms with van der Waals surface area (Å²) >= 11 is 0. The minimum atomic E-state index is -0.580. The maximum atomic E-state index is 12.1. The molecular formula is C20H26N2O3. The largest absolute Gasteiger partial charge is 0.444 e. The van der Waals surface area contributed by atoms with E-state index in [9.17, 15) is 9.59 Å². The van der Waals surface area contributed by atoms with Gasteiger partial charge < -0.3 is 15.4 Å². The number of alkyl carbamates (subject to hydrolysis) is 1. The summed E-state index contributed by atoms with van der Waals surface area (Å²) in [5.74, 6) is 6.04. The Hall–Kier alpha value is -2.48. The zero-order chi connectivity index (χ0) is 18.3. The molecule has 134 valence electrons. The molecule has 25 heavy (non-hydrogen) atoms. The standard InChI is InChI=1S/C20H26N2O3/c1-20(2,3)25-19(24)22-17(12-11-15-8-5-4-6-9-15)14-16-10-7-13-21-18(16)23/h4-6,8-9,16-17H,7,10,13-14H2,1-3H3,(H,21,23)(H,22,24)/t16-,17?/m0/s1. The van der Waals surface area contributed by atoms with Crippen molar-refractivity contribution in [1.29, 1.82) is 0 Å². The van der Waals surface area contributed by atoms with Gasteiger partial charge >= 0.3 is 6.09 Å². The van der Waals surface area contributed by atoms with Crippen molar-refractivity contribution < 1.29 is 14.3 Å². The molecule has 2 atom stereocenters. The SMILES string of the molecule is CC(C)(C)OC(=O)NC(C#Cc1ccccc1)C[C@@H]1CCCNC1=O. The van der Waals surface area contributed by atoms with Crippen LogP contribution < -0.4 is 10.6 Å². The molecule has 2 rings (SSSR count). The predicted octanol–water partition coefficient (Wildman–Crippen LogP) is 2.85. The summed E-state index contributed by atoms with van der Waals surface area (Å²) in [5.41, 5.74) is 0.288. The molecule has 1 aromatic carbocycles. The van der Waals surface area contributed by atoms with Crippen LogP contribution in [0.1, 0.15) is 45.6 Å². The minimum Gasteiger partial charge on any atom is -0.444 e. The number of benzene rings is 1. The number of carbonyl (C=O) groups excluding carboxylic acids is 2. The normalized spacial score (nSPS) is 18.4. The molecule has 5 heteroatoms. The van der Waals surface area contributed by atoms with E-state index >= 15 is 0 Å². The topological polar surface area (TPSA) is 67.4 Å². The van der Waals surface area contributed by atoms with Gasteiger partial charge in [0.15, 0.2) is 0 Å². The van der Waals surface area contributed by atoms with Crippen molar-refractivity contribution in [2.24, 2.45) is 5.92 Å². The second-order valence-corrected chi connectivity index (χ2v) is 7.20. The summed E-state index contributed by atoms with van der Waals surface area (Å²) in [7, 11) is 0. The third kappa shape index (κ3) is 6.88. The highest BCUT2D eigenvalue weighted by Crippen LogP contribution is 2.18. The van der Waals surface area contributed by atoms with Crippen LogP contribution in [0.15, 0.2) is 30.3 Å². The van der Waals surface area contributed by atoms with Crippen LogP contribution in [0.2, 0.25) is 0 Å². The van der Waals surface area contributed by atoms with E-state index in [1.54, 1.807) is 0 Å². The van der Waals surface area contributed by atoms with Crippen molar-refractivity contribution in [3.8, 4) is 11.8 Å². The molecule has 1 aliphatic rings. The summed E-state index contributed by atoms with van der Waals surface area (Å²) < 4.78 is 5.32. The molecule has 1 saturated heterocycles.